The van der Waals surface area contributed by atoms with E-state index in [2.05, 4.69) is 23.9 Å². The molecular weight excluding hydrogens is 268 g/mol. The standard InChI is InChI=1S/C15H20N4O2/c1-11(2)8-19-14(17-10-18-19)9-21-15(20)7-12-4-3-5-13(16)6-12/h3-6,10-11H,7-9,16H2,1-2H3. The zero-order chi connectivity index (χ0) is 15.2. The highest BCUT2D eigenvalue weighted by Gasteiger charge is 2.10. The maximum Gasteiger partial charge on any atom is 0.310 e. The quantitative estimate of drug-likeness (QED) is 0.647. The minimum atomic E-state index is -0.306. The van der Waals surface area contributed by atoms with Gasteiger partial charge in [0.1, 0.15) is 6.33 Å². The van der Waals surface area contributed by atoms with Crippen LogP contribution in [0.2, 0.25) is 0 Å². The lowest BCUT2D eigenvalue weighted by Crippen LogP contribution is -2.14. The van der Waals surface area contributed by atoms with Crippen molar-refractivity contribution in [1.29, 1.82) is 0 Å². The Morgan fingerprint density at radius 2 is 2.24 bits per heavy atom. The van der Waals surface area contributed by atoms with Crippen molar-refractivity contribution < 1.29 is 9.53 Å². The molecule has 0 spiro atoms. The summed E-state index contributed by atoms with van der Waals surface area (Å²) < 4.78 is 7.01. The zero-order valence-electron chi connectivity index (χ0n) is 12.3. The van der Waals surface area contributed by atoms with Crippen molar-refractivity contribution in [1.82, 2.24) is 14.8 Å². The van der Waals surface area contributed by atoms with Gasteiger partial charge in [0.25, 0.3) is 0 Å². The molecule has 0 saturated heterocycles. The van der Waals surface area contributed by atoms with Crippen LogP contribution in [0.5, 0.6) is 0 Å². The van der Waals surface area contributed by atoms with E-state index >= 15 is 0 Å². The van der Waals surface area contributed by atoms with Gasteiger partial charge in [-0.15, -0.1) is 0 Å². The van der Waals surface area contributed by atoms with E-state index in [-0.39, 0.29) is 19.0 Å². The van der Waals surface area contributed by atoms with E-state index < -0.39 is 0 Å². The molecule has 6 nitrogen and oxygen atoms in total. The van der Waals surface area contributed by atoms with E-state index in [1.807, 2.05) is 12.1 Å². The number of rotatable bonds is 6. The Bertz CT molecular complexity index is 607. The molecule has 0 amide bonds. The number of anilines is 1. The van der Waals surface area contributed by atoms with Crippen molar-refractivity contribution in [3.8, 4) is 0 Å². The Morgan fingerprint density at radius 1 is 1.43 bits per heavy atom. The molecule has 1 heterocycles. The third kappa shape index (κ3) is 4.59. The SMILES string of the molecule is CC(C)Cn1ncnc1COC(=O)Cc1cccc(N)c1. The molecule has 0 radical (unpaired) electrons. The highest BCUT2D eigenvalue weighted by molar-refractivity contribution is 5.72. The van der Waals surface area contributed by atoms with Gasteiger partial charge in [0, 0.05) is 12.2 Å². The van der Waals surface area contributed by atoms with Crippen molar-refractivity contribution in [2.75, 3.05) is 5.73 Å². The number of nitrogens with two attached hydrogens (primary N) is 1. The van der Waals surface area contributed by atoms with Gasteiger partial charge >= 0.3 is 5.97 Å². The second kappa shape index (κ2) is 6.88. The van der Waals surface area contributed by atoms with Gasteiger partial charge in [0.05, 0.1) is 6.42 Å². The lowest BCUT2D eigenvalue weighted by atomic mass is 10.1. The van der Waals surface area contributed by atoms with E-state index in [1.165, 1.54) is 6.33 Å². The van der Waals surface area contributed by atoms with E-state index in [0.29, 0.717) is 17.4 Å². The summed E-state index contributed by atoms with van der Waals surface area (Å²) >= 11 is 0. The summed E-state index contributed by atoms with van der Waals surface area (Å²) in [5, 5.41) is 4.13. The molecule has 2 aromatic rings. The van der Waals surface area contributed by atoms with Gasteiger partial charge < -0.3 is 10.5 Å². The third-order valence-corrected chi connectivity index (χ3v) is 2.90. The fourth-order valence-corrected chi connectivity index (χ4v) is 1.96. The summed E-state index contributed by atoms with van der Waals surface area (Å²) in [5.41, 5.74) is 7.15. The Balaban J connectivity index is 1.88. The van der Waals surface area contributed by atoms with Crippen LogP contribution in [0.4, 0.5) is 5.69 Å². The first-order valence-corrected chi connectivity index (χ1v) is 6.91. The molecule has 2 rings (SSSR count). The Morgan fingerprint density at radius 3 is 2.95 bits per heavy atom. The highest BCUT2D eigenvalue weighted by atomic mass is 16.5. The monoisotopic (exact) mass is 288 g/mol. The van der Waals surface area contributed by atoms with Gasteiger partial charge in [-0.1, -0.05) is 26.0 Å². The summed E-state index contributed by atoms with van der Waals surface area (Å²) in [4.78, 5) is 15.9. The number of hydrogen-bond acceptors (Lipinski definition) is 5. The maximum absolute atomic E-state index is 11.8. The number of carbonyl (C=O) groups excluding carboxylic acids is 1. The summed E-state index contributed by atoms with van der Waals surface area (Å²) in [6.07, 6.45) is 1.67. The average molecular weight is 288 g/mol. The lowest BCUT2D eigenvalue weighted by molar-refractivity contribution is -0.144. The first-order chi connectivity index (χ1) is 10.0. The number of carbonyl (C=O) groups is 1. The lowest BCUT2D eigenvalue weighted by Gasteiger charge is -2.09. The molecule has 1 aromatic heterocycles. The molecule has 0 aliphatic carbocycles. The minimum absolute atomic E-state index is 0.133. The van der Waals surface area contributed by atoms with Crippen molar-refractivity contribution in [2.24, 2.45) is 5.92 Å². The van der Waals surface area contributed by atoms with Gasteiger partial charge in [-0.25, -0.2) is 9.67 Å². The second-order valence-corrected chi connectivity index (χ2v) is 5.33. The molecule has 0 aliphatic heterocycles. The number of ether oxygens (including phenoxy) is 1. The topological polar surface area (TPSA) is 83.0 Å². The fourth-order valence-electron chi connectivity index (χ4n) is 1.96. The molecule has 112 valence electrons. The van der Waals surface area contributed by atoms with Crippen LogP contribution in [0.3, 0.4) is 0 Å². The van der Waals surface area contributed by atoms with Crippen molar-refractivity contribution in [3.05, 3.63) is 42.0 Å². The molecule has 0 atom stereocenters. The van der Waals surface area contributed by atoms with Crippen LogP contribution >= 0.6 is 0 Å². The van der Waals surface area contributed by atoms with Crippen LogP contribution in [-0.4, -0.2) is 20.7 Å². The van der Waals surface area contributed by atoms with Gasteiger partial charge in [-0.2, -0.15) is 5.10 Å². The zero-order valence-corrected chi connectivity index (χ0v) is 12.3. The Labute approximate surface area is 123 Å². The molecule has 0 unspecified atom stereocenters. The predicted molar refractivity (Wildman–Crippen MR) is 79.2 cm³/mol. The number of aromatic nitrogens is 3. The van der Waals surface area contributed by atoms with E-state index in [1.54, 1.807) is 16.8 Å². The summed E-state index contributed by atoms with van der Waals surface area (Å²) in [7, 11) is 0. The molecule has 6 heteroatoms. The van der Waals surface area contributed by atoms with E-state index in [4.69, 9.17) is 10.5 Å². The first kappa shape index (κ1) is 15.0. The number of benzene rings is 1. The predicted octanol–water partition coefficient (Wildman–Crippen LogP) is 1.80. The molecule has 2 N–H and O–H groups in total. The molecule has 0 bridgehead atoms. The Kier molecular flexibility index (Phi) is 4.92. The summed E-state index contributed by atoms with van der Waals surface area (Å²) in [6.45, 7) is 5.07. The van der Waals surface area contributed by atoms with Crippen molar-refractivity contribution >= 4 is 11.7 Å². The Hall–Kier alpha value is -2.37. The van der Waals surface area contributed by atoms with Crippen LogP contribution in [-0.2, 0) is 29.1 Å². The third-order valence-electron chi connectivity index (χ3n) is 2.90. The van der Waals surface area contributed by atoms with Crippen LogP contribution in [0.25, 0.3) is 0 Å². The number of nitrogens with zero attached hydrogens (tertiary/aromatic N) is 3. The summed E-state index contributed by atoms with van der Waals surface area (Å²) in [6, 6.07) is 7.21. The fraction of sp³-hybridized carbons (Fsp3) is 0.400. The van der Waals surface area contributed by atoms with Crippen LogP contribution in [0.15, 0.2) is 30.6 Å². The molecule has 0 fully saturated rings. The van der Waals surface area contributed by atoms with Gasteiger partial charge in [0.2, 0.25) is 0 Å². The van der Waals surface area contributed by atoms with E-state index in [9.17, 15) is 4.79 Å². The second-order valence-electron chi connectivity index (χ2n) is 5.33. The molecule has 1 aromatic carbocycles. The first-order valence-electron chi connectivity index (χ1n) is 6.91. The van der Waals surface area contributed by atoms with E-state index in [0.717, 1.165) is 12.1 Å². The number of nitrogen functional groups attached to an aromatic ring is 1. The average Bonchev–Trinajstić information content (AvgIpc) is 2.83. The minimum Gasteiger partial charge on any atom is -0.457 e. The van der Waals surface area contributed by atoms with Gasteiger partial charge in [0.15, 0.2) is 12.4 Å². The highest BCUT2D eigenvalue weighted by Crippen LogP contribution is 2.09. The largest absolute Gasteiger partial charge is 0.457 e. The van der Waals surface area contributed by atoms with Crippen LogP contribution in [0, 0.1) is 5.92 Å². The van der Waals surface area contributed by atoms with Crippen molar-refractivity contribution in [2.45, 2.75) is 33.4 Å². The maximum atomic E-state index is 11.8. The van der Waals surface area contributed by atoms with Gasteiger partial charge in [-0.3, -0.25) is 4.79 Å². The number of esters is 1. The normalized spacial score (nSPS) is 10.8. The number of hydrogen-bond donors (Lipinski definition) is 1. The van der Waals surface area contributed by atoms with Gasteiger partial charge in [-0.05, 0) is 23.6 Å². The molecular formula is C15H20N4O2. The molecule has 0 saturated carbocycles. The van der Waals surface area contributed by atoms with Crippen molar-refractivity contribution in [3.63, 3.8) is 0 Å². The smallest absolute Gasteiger partial charge is 0.310 e. The molecule has 0 aliphatic rings. The molecule has 21 heavy (non-hydrogen) atoms. The summed E-state index contributed by atoms with van der Waals surface area (Å²) in [5.74, 6) is 0.803. The van der Waals surface area contributed by atoms with Crippen LogP contribution < -0.4 is 5.73 Å². The van der Waals surface area contributed by atoms with Crippen LogP contribution in [0.1, 0.15) is 25.2 Å².